The van der Waals surface area contributed by atoms with E-state index in [-0.39, 0.29) is 12.4 Å². The lowest BCUT2D eigenvalue weighted by Crippen LogP contribution is -1.73. The van der Waals surface area contributed by atoms with Crippen molar-refractivity contribution in [2.24, 2.45) is 0 Å². The third-order valence-electron chi connectivity index (χ3n) is 1.51. The second-order valence-corrected chi connectivity index (χ2v) is 6.24. The predicted molar refractivity (Wildman–Crippen MR) is 69.6 cm³/mol. The molecule has 0 saturated heterocycles. The molecule has 0 spiro atoms. The number of aromatic nitrogens is 1. The van der Waals surface area contributed by atoms with Gasteiger partial charge in [-0.25, -0.2) is 0 Å². The fraction of sp³-hybridized carbons (Fsp3) is 0. The summed E-state index contributed by atoms with van der Waals surface area (Å²) in [5, 5.41) is 1.20. The first-order valence-corrected chi connectivity index (χ1v) is 7.04. The van der Waals surface area contributed by atoms with Gasteiger partial charge in [0.2, 0.25) is 0 Å². The van der Waals surface area contributed by atoms with Crippen LogP contribution in [0.15, 0.2) is 42.6 Å². The van der Waals surface area contributed by atoms with E-state index in [1.54, 1.807) is 0 Å². The summed E-state index contributed by atoms with van der Waals surface area (Å²) in [7, 11) is 4.81. The van der Waals surface area contributed by atoms with Crippen LogP contribution in [-0.2, 0) is 8.26 Å². The molecule has 0 fully saturated rings. The maximum absolute atomic E-state index is 9.16. The van der Waals surface area contributed by atoms with Crippen LogP contribution < -0.4 is 0 Å². The minimum absolute atomic E-state index is 0. The van der Waals surface area contributed by atoms with Gasteiger partial charge in [-0.1, -0.05) is 24.3 Å². The minimum Gasteiger partial charge on any atom is -0.256 e. The largest absolute Gasteiger partial charge is 0.317 e. The lowest BCUT2D eigenvalue weighted by molar-refractivity contribution is 0.621. The standard InChI is InChI=1S/C9H7N.Cl2O2S.ClH/c1-2-6-9-8(4-1)5-3-7-10-9;1-5(2,3)4;/h1-7H;;1H. The van der Waals surface area contributed by atoms with E-state index in [1.807, 2.05) is 30.5 Å². The Kier molecular flexibility index (Phi) is 6.67. The molecule has 1 aromatic carbocycles. The lowest BCUT2D eigenvalue weighted by atomic mass is 10.2. The minimum atomic E-state index is -3.72. The Morgan fingerprint density at radius 2 is 1.50 bits per heavy atom. The van der Waals surface area contributed by atoms with Crippen LogP contribution in [0.4, 0.5) is 0 Å². The summed E-state index contributed by atoms with van der Waals surface area (Å²) < 4.78 is 18.3. The van der Waals surface area contributed by atoms with E-state index >= 15 is 0 Å². The van der Waals surface area contributed by atoms with E-state index in [9.17, 15) is 0 Å². The summed E-state index contributed by atoms with van der Waals surface area (Å²) in [4.78, 5) is 4.18. The van der Waals surface area contributed by atoms with E-state index in [2.05, 4.69) is 38.5 Å². The monoisotopic (exact) mass is 299 g/mol. The number of halogens is 3. The molecule has 0 aliphatic heterocycles. The Balaban J connectivity index is 0.000000330. The molecule has 1 aromatic heterocycles. The molecule has 0 radical (unpaired) electrons. The number of hydrogen-bond donors (Lipinski definition) is 0. The molecule has 0 unspecified atom stereocenters. The van der Waals surface area contributed by atoms with Crippen molar-refractivity contribution < 1.29 is 8.42 Å². The molecule has 3 nitrogen and oxygen atoms in total. The van der Waals surface area contributed by atoms with E-state index < -0.39 is 8.26 Å². The van der Waals surface area contributed by atoms with Crippen LogP contribution in [0.1, 0.15) is 0 Å². The quantitative estimate of drug-likeness (QED) is 0.701. The molecular formula is C9H8Cl3NO2S. The zero-order valence-electron chi connectivity index (χ0n) is 7.88. The van der Waals surface area contributed by atoms with Gasteiger partial charge in [0, 0.05) is 32.9 Å². The maximum atomic E-state index is 9.16. The molecule has 88 valence electrons. The molecule has 2 rings (SSSR count). The zero-order chi connectivity index (χ0) is 11.3. The summed E-state index contributed by atoms with van der Waals surface area (Å²) >= 11 is 0. The van der Waals surface area contributed by atoms with Gasteiger partial charge >= 0.3 is 8.26 Å². The molecule has 16 heavy (non-hydrogen) atoms. The van der Waals surface area contributed by atoms with Crippen LogP contribution in [0.5, 0.6) is 0 Å². The molecular weight excluding hydrogens is 293 g/mol. The third-order valence-corrected chi connectivity index (χ3v) is 1.51. The van der Waals surface area contributed by atoms with Gasteiger partial charge in [0.05, 0.1) is 5.52 Å². The summed E-state index contributed by atoms with van der Waals surface area (Å²) in [6, 6.07) is 12.1. The van der Waals surface area contributed by atoms with Crippen molar-refractivity contribution in [1.29, 1.82) is 0 Å². The van der Waals surface area contributed by atoms with Crippen LogP contribution in [-0.4, -0.2) is 13.4 Å². The topological polar surface area (TPSA) is 47.0 Å². The van der Waals surface area contributed by atoms with Crippen LogP contribution in [0.2, 0.25) is 0 Å². The molecule has 0 aliphatic carbocycles. The highest BCUT2D eigenvalue weighted by Gasteiger charge is 1.88. The number of rotatable bonds is 0. The SMILES string of the molecule is Cl.O=S(=O)(Cl)Cl.c1ccc2ncccc2c1. The smallest absolute Gasteiger partial charge is 0.256 e. The molecule has 0 amide bonds. The van der Waals surface area contributed by atoms with Gasteiger partial charge in [0.1, 0.15) is 0 Å². The highest BCUT2D eigenvalue weighted by Crippen LogP contribution is 2.07. The van der Waals surface area contributed by atoms with Crippen molar-refractivity contribution in [3.8, 4) is 0 Å². The summed E-state index contributed by atoms with van der Waals surface area (Å²) in [6.45, 7) is 0. The van der Waals surface area contributed by atoms with Gasteiger partial charge in [-0.05, 0) is 12.1 Å². The van der Waals surface area contributed by atoms with E-state index in [4.69, 9.17) is 8.42 Å². The van der Waals surface area contributed by atoms with Crippen molar-refractivity contribution in [2.75, 3.05) is 0 Å². The molecule has 0 aliphatic rings. The number of fused-ring (bicyclic) bond motifs is 1. The van der Waals surface area contributed by atoms with Crippen LogP contribution in [0, 0.1) is 0 Å². The average Bonchev–Trinajstić information content (AvgIpc) is 2.16. The Morgan fingerprint density at radius 3 is 2.06 bits per heavy atom. The summed E-state index contributed by atoms with van der Waals surface area (Å²) in [5.41, 5.74) is 1.06. The Morgan fingerprint density at radius 1 is 1.00 bits per heavy atom. The van der Waals surface area contributed by atoms with Gasteiger partial charge in [-0.2, -0.15) is 8.42 Å². The van der Waals surface area contributed by atoms with Crippen molar-refractivity contribution >= 4 is 52.9 Å². The van der Waals surface area contributed by atoms with Crippen LogP contribution in [0.25, 0.3) is 10.9 Å². The number of hydrogen-bond acceptors (Lipinski definition) is 3. The van der Waals surface area contributed by atoms with Gasteiger partial charge < -0.3 is 0 Å². The molecule has 2 aromatic rings. The number of nitrogens with zero attached hydrogens (tertiary/aromatic N) is 1. The van der Waals surface area contributed by atoms with Crippen LogP contribution in [0.3, 0.4) is 0 Å². The van der Waals surface area contributed by atoms with Gasteiger partial charge in [0.15, 0.2) is 0 Å². The molecule has 0 saturated carbocycles. The maximum Gasteiger partial charge on any atom is 0.317 e. The van der Waals surface area contributed by atoms with Crippen LogP contribution >= 0.6 is 33.8 Å². The van der Waals surface area contributed by atoms with Crippen molar-refractivity contribution in [3.63, 3.8) is 0 Å². The Labute approximate surface area is 109 Å². The highest BCUT2D eigenvalue weighted by atomic mass is 36.0. The first kappa shape index (κ1) is 15.4. The lowest BCUT2D eigenvalue weighted by Gasteiger charge is -1.91. The predicted octanol–water partition coefficient (Wildman–Crippen LogP) is 3.37. The first-order valence-electron chi connectivity index (χ1n) is 3.91. The van der Waals surface area contributed by atoms with Gasteiger partial charge in [-0.3, -0.25) is 4.98 Å². The van der Waals surface area contributed by atoms with E-state index in [0.29, 0.717) is 0 Å². The Hall–Kier alpha value is -0.550. The molecule has 0 N–H and O–H groups in total. The fourth-order valence-corrected chi connectivity index (χ4v) is 1.02. The fourth-order valence-electron chi connectivity index (χ4n) is 1.02. The van der Waals surface area contributed by atoms with Crippen molar-refractivity contribution in [3.05, 3.63) is 42.6 Å². The summed E-state index contributed by atoms with van der Waals surface area (Å²) in [6.07, 6.45) is 1.81. The van der Waals surface area contributed by atoms with E-state index in [0.717, 1.165) is 5.52 Å². The van der Waals surface area contributed by atoms with Gasteiger partial charge in [-0.15, -0.1) is 12.4 Å². The number of pyridine rings is 1. The summed E-state index contributed by atoms with van der Waals surface area (Å²) in [5.74, 6) is 0. The third kappa shape index (κ3) is 6.85. The van der Waals surface area contributed by atoms with Crippen molar-refractivity contribution in [1.82, 2.24) is 4.98 Å². The molecule has 1 heterocycles. The first-order chi connectivity index (χ1) is 6.97. The Bertz CT molecular complexity index is 472. The van der Waals surface area contributed by atoms with Crippen molar-refractivity contribution in [2.45, 2.75) is 0 Å². The second kappa shape index (κ2) is 6.91. The number of benzene rings is 1. The molecule has 0 bridgehead atoms. The molecule has 0 atom stereocenters. The van der Waals surface area contributed by atoms with Gasteiger partial charge in [0.25, 0.3) is 0 Å². The van der Waals surface area contributed by atoms with E-state index in [1.165, 1.54) is 5.39 Å². The number of para-hydroxylation sites is 1. The highest BCUT2D eigenvalue weighted by molar-refractivity contribution is 8.31. The molecule has 7 heteroatoms. The second-order valence-electron chi connectivity index (χ2n) is 2.57. The zero-order valence-corrected chi connectivity index (χ0v) is 11.0. The average molecular weight is 301 g/mol. The normalized spacial score (nSPS) is 9.88.